The molecule has 0 saturated heterocycles. The van der Waals surface area contributed by atoms with Crippen LogP contribution in [-0.4, -0.2) is 15.3 Å². The average Bonchev–Trinajstić information content (AvgIpc) is 2.92. The van der Waals surface area contributed by atoms with Crippen LogP contribution in [0.4, 0.5) is 0 Å². The van der Waals surface area contributed by atoms with Gasteiger partial charge in [0.1, 0.15) is 4.83 Å². The number of nitrogens with zero attached hydrogens (tertiary/aromatic N) is 2. The highest BCUT2D eigenvalue weighted by Gasteiger charge is 2.32. The van der Waals surface area contributed by atoms with Gasteiger partial charge in [-0.2, -0.15) is 0 Å². The lowest BCUT2D eigenvalue weighted by Crippen LogP contribution is -2.27. The van der Waals surface area contributed by atoms with Crippen LogP contribution >= 0.6 is 23.1 Å². The van der Waals surface area contributed by atoms with E-state index in [4.69, 9.17) is 4.98 Å². The van der Waals surface area contributed by atoms with Crippen molar-refractivity contribution in [2.75, 3.05) is 5.75 Å². The third-order valence-electron chi connectivity index (χ3n) is 5.12. The highest BCUT2D eigenvalue weighted by atomic mass is 32.2. The maximum absolute atomic E-state index is 13.2. The zero-order valence-corrected chi connectivity index (χ0v) is 17.9. The molecule has 0 aliphatic heterocycles. The highest BCUT2D eigenvalue weighted by Crippen LogP contribution is 2.42. The van der Waals surface area contributed by atoms with Gasteiger partial charge >= 0.3 is 0 Å². The third kappa shape index (κ3) is 3.70. The van der Waals surface area contributed by atoms with E-state index in [1.807, 2.05) is 6.92 Å². The van der Waals surface area contributed by atoms with Gasteiger partial charge < -0.3 is 0 Å². The van der Waals surface area contributed by atoms with E-state index in [0.717, 1.165) is 46.0 Å². The molecule has 0 bridgehead atoms. The van der Waals surface area contributed by atoms with Gasteiger partial charge in [0.2, 0.25) is 0 Å². The van der Waals surface area contributed by atoms with Crippen molar-refractivity contribution in [3.8, 4) is 0 Å². The topological polar surface area (TPSA) is 34.9 Å². The summed E-state index contributed by atoms with van der Waals surface area (Å²) in [6.07, 6.45) is 4.97. The van der Waals surface area contributed by atoms with Crippen LogP contribution < -0.4 is 5.56 Å². The Morgan fingerprint density at radius 2 is 2.19 bits per heavy atom. The van der Waals surface area contributed by atoms with Gasteiger partial charge in [0, 0.05) is 17.2 Å². The first kappa shape index (κ1) is 19.4. The molecule has 26 heavy (non-hydrogen) atoms. The molecule has 1 atom stereocenters. The lowest BCUT2D eigenvalue weighted by Gasteiger charge is -2.33. The van der Waals surface area contributed by atoms with Crippen LogP contribution in [-0.2, 0) is 19.4 Å². The Bertz CT molecular complexity index is 915. The van der Waals surface area contributed by atoms with Gasteiger partial charge in [-0.15, -0.1) is 17.9 Å². The first-order valence-electron chi connectivity index (χ1n) is 9.15. The van der Waals surface area contributed by atoms with Crippen molar-refractivity contribution in [1.29, 1.82) is 0 Å². The van der Waals surface area contributed by atoms with Crippen molar-refractivity contribution < 1.29 is 0 Å². The molecule has 1 aliphatic rings. The number of rotatable bonds is 5. The molecule has 5 heteroatoms. The number of fused-ring (bicyclic) bond motifs is 3. The van der Waals surface area contributed by atoms with Gasteiger partial charge in [-0.1, -0.05) is 50.8 Å². The third-order valence-corrected chi connectivity index (χ3v) is 7.47. The average molecular weight is 389 g/mol. The van der Waals surface area contributed by atoms with E-state index in [2.05, 4.69) is 33.9 Å². The van der Waals surface area contributed by atoms with E-state index in [1.54, 1.807) is 33.7 Å². The molecule has 0 saturated carbocycles. The normalized spacial score (nSPS) is 17.3. The molecule has 2 aromatic rings. The molecule has 0 amide bonds. The molecule has 0 spiro atoms. The molecule has 2 aromatic heterocycles. The molecule has 0 N–H and O–H groups in total. The second kappa shape index (κ2) is 7.35. The summed E-state index contributed by atoms with van der Waals surface area (Å²) < 4.78 is 1.77. The molecule has 0 unspecified atom stereocenters. The molecule has 3 nitrogen and oxygen atoms in total. The minimum absolute atomic E-state index is 0.0887. The van der Waals surface area contributed by atoms with E-state index in [9.17, 15) is 4.79 Å². The van der Waals surface area contributed by atoms with Crippen molar-refractivity contribution in [1.82, 2.24) is 9.55 Å². The number of aryl methyl sites for hydroxylation is 1. The van der Waals surface area contributed by atoms with E-state index >= 15 is 0 Å². The first-order chi connectivity index (χ1) is 12.2. The second-order valence-corrected chi connectivity index (χ2v) is 10.4. The van der Waals surface area contributed by atoms with Crippen LogP contribution in [0.5, 0.6) is 0 Å². The van der Waals surface area contributed by atoms with Crippen LogP contribution in [0.15, 0.2) is 34.8 Å². The summed E-state index contributed by atoms with van der Waals surface area (Å²) >= 11 is 3.31. The summed E-state index contributed by atoms with van der Waals surface area (Å²) in [6, 6.07) is 0. The van der Waals surface area contributed by atoms with Gasteiger partial charge in [-0.25, -0.2) is 4.98 Å². The SMILES string of the molecule is C=CCn1c(SCC(=C)C)nc2sc3c(c2c1=O)CC[C@H](C(C)(C)C)C3. The Kier molecular flexibility index (Phi) is 5.50. The Morgan fingerprint density at radius 3 is 2.81 bits per heavy atom. The van der Waals surface area contributed by atoms with Crippen molar-refractivity contribution in [3.63, 3.8) is 0 Å². The number of hydrogen-bond acceptors (Lipinski definition) is 4. The highest BCUT2D eigenvalue weighted by molar-refractivity contribution is 7.99. The molecule has 0 fully saturated rings. The zero-order valence-electron chi connectivity index (χ0n) is 16.2. The van der Waals surface area contributed by atoms with Crippen LogP contribution in [0.2, 0.25) is 0 Å². The largest absolute Gasteiger partial charge is 0.283 e. The predicted octanol–water partition coefficient (Wildman–Crippen LogP) is 5.46. The zero-order chi connectivity index (χ0) is 19.1. The Morgan fingerprint density at radius 1 is 1.46 bits per heavy atom. The molecule has 3 rings (SSSR count). The van der Waals surface area contributed by atoms with Crippen LogP contribution in [0.3, 0.4) is 0 Å². The predicted molar refractivity (Wildman–Crippen MR) is 115 cm³/mol. The smallest absolute Gasteiger partial charge is 0.263 e. The molecule has 2 heterocycles. The monoisotopic (exact) mass is 388 g/mol. The van der Waals surface area contributed by atoms with E-state index in [1.165, 1.54) is 10.4 Å². The number of allylic oxidation sites excluding steroid dienone is 1. The maximum Gasteiger partial charge on any atom is 0.263 e. The fourth-order valence-electron chi connectivity index (χ4n) is 3.57. The quantitative estimate of drug-likeness (QED) is 0.387. The fraction of sp³-hybridized carbons (Fsp3) is 0.524. The van der Waals surface area contributed by atoms with Gasteiger partial charge in [0.15, 0.2) is 5.16 Å². The van der Waals surface area contributed by atoms with Gasteiger partial charge in [-0.05, 0) is 43.1 Å². The van der Waals surface area contributed by atoms with E-state index in [-0.39, 0.29) is 5.56 Å². The van der Waals surface area contributed by atoms with Crippen molar-refractivity contribution >= 4 is 33.3 Å². The van der Waals surface area contributed by atoms with Gasteiger partial charge in [0.05, 0.1) is 5.39 Å². The van der Waals surface area contributed by atoms with Crippen molar-refractivity contribution in [3.05, 3.63) is 45.6 Å². The summed E-state index contributed by atoms with van der Waals surface area (Å²) in [5.74, 6) is 1.43. The summed E-state index contributed by atoms with van der Waals surface area (Å²) in [5, 5.41) is 1.62. The molecular formula is C21H28N2OS2. The number of hydrogen-bond donors (Lipinski definition) is 0. The van der Waals surface area contributed by atoms with E-state index in [0.29, 0.717) is 17.9 Å². The van der Waals surface area contributed by atoms with Gasteiger partial charge in [-0.3, -0.25) is 9.36 Å². The van der Waals surface area contributed by atoms with Crippen LogP contribution in [0.25, 0.3) is 10.2 Å². The second-order valence-electron chi connectivity index (χ2n) is 8.33. The Balaban J connectivity index is 2.11. The first-order valence-corrected chi connectivity index (χ1v) is 11.0. The summed E-state index contributed by atoms with van der Waals surface area (Å²) in [5.41, 5.74) is 2.71. The standard InChI is InChI=1S/C21H28N2OS2/c1-7-10-23-19(24)17-15-9-8-14(21(4,5)6)11-16(15)26-18(17)22-20(23)25-12-13(2)3/h7,14H,1-2,8-12H2,3-6H3/t14-/m0/s1. The van der Waals surface area contributed by atoms with Crippen molar-refractivity contribution in [2.24, 2.45) is 11.3 Å². The summed E-state index contributed by atoms with van der Waals surface area (Å²) in [4.78, 5) is 20.4. The van der Waals surface area contributed by atoms with Crippen LogP contribution in [0, 0.1) is 11.3 Å². The van der Waals surface area contributed by atoms with E-state index < -0.39 is 0 Å². The minimum Gasteiger partial charge on any atom is -0.283 e. The number of thiophene rings is 1. The fourth-order valence-corrected chi connectivity index (χ4v) is 5.76. The van der Waals surface area contributed by atoms with Crippen LogP contribution in [0.1, 0.15) is 44.6 Å². The lowest BCUT2D eigenvalue weighted by atomic mass is 9.72. The minimum atomic E-state index is 0.0887. The molecular weight excluding hydrogens is 360 g/mol. The summed E-state index contributed by atoms with van der Waals surface area (Å²) in [6.45, 7) is 17.2. The number of thioether (sulfide) groups is 1. The number of aromatic nitrogens is 2. The molecule has 0 aromatic carbocycles. The van der Waals surface area contributed by atoms with Gasteiger partial charge in [0.25, 0.3) is 5.56 Å². The Hall–Kier alpha value is -1.33. The lowest BCUT2D eigenvalue weighted by molar-refractivity contribution is 0.218. The molecule has 0 radical (unpaired) electrons. The summed E-state index contributed by atoms with van der Waals surface area (Å²) in [7, 11) is 0. The molecule has 1 aliphatic carbocycles. The molecule has 140 valence electrons. The van der Waals surface area contributed by atoms with Crippen molar-refractivity contribution in [2.45, 2.75) is 58.7 Å². The maximum atomic E-state index is 13.2. The Labute approximate surface area is 164 Å².